The lowest BCUT2D eigenvalue weighted by molar-refractivity contribution is -0.134. The van der Waals surface area contributed by atoms with Gasteiger partial charge in [0.25, 0.3) is 0 Å². The fraction of sp³-hybridized carbons (Fsp3) is 0.429. The van der Waals surface area contributed by atoms with Crippen LogP contribution in [0.3, 0.4) is 0 Å². The molecule has 1 rings (SSSR count). The molecule has 0 aliphatic carbocycles. The van der Waals surface area contributed by atoms with Gasteiger partial charge in [-0.1, -0.05) is 43.3 Å². The van der Waals surface area contributed by atoms with Crippen LogP contribution in [0.25, 0.3) is 0 Å². The second-order valence-corrected chi connectivity index (χ2v) is 4.69. The predicted molar refractivity (Wildman–Crippen MR) is 74.9 cm³/mol. The lowest BCUT2D eigenvalue weighted by atomic mass is 10.1. The summed E-state index contributed by atoms with van der Waals surface area (Å²) in [7, 11) is 0. The molecule has 1 aromatic carbocycles. The van der Waals surface area contributed by atoms with Gasteiger partial charge in [-0.25, -0.2) is 0 Å². The largest absolute Gasteiger partial charge is 0.409 e. The van der Waals surface area contributed by atoms with Crippen LogP contribution in [-0.4, -0.2) is 28.4 Å². The van der Waals surface area contributed by atoms with Gasteiger partial charge in [0.15, 0.2) is 5.84 Å². The summed E-state index contributed by atoms with van der Waals surface area (Å²) in [5, 5.41) is 11.5. The minimum absolute atomic E-state index is 0.00334. The van der Waals surface area contributed by atoms with Gasteiger partial charge in [0, 0.05) is 24.6 Å². The van der Waals surface area contributed by atoms with Crippen molar-refractivity contribution < 1.29 is 10.0 Å². The number of carbonyl (C=O) groups is 1. The Bertz CT molecular complexity index is 452. The molecule has 0 fully saturated rings. The van der Waals surface area contributed by atoms with Crippen molar-refractivity contribution in [3.05, 3.63) is 35.4 Å². The number of amidine groups is 1. The molecule has 0 radical (unpaired) electrons. The highest BCUT2D eigenvalue weighted by Gasteiger charge is 2.15. The Hall–Kier alpha value is -2.04. The minimum Gasteiger partial charge on any atom is -0.409 e. The number of nitrogens with two attached hydrogens (primary N) is 1. The first-order valence-electron chi connectivity index (χ1n) is 6.35. The van der Waals surface area contributed by atoms with E-state index < -0.39 is 0 Å². The third-order valence-corrected chi connectivity index (χ3v) is 2.92. The molecular weight excluding hydrogens is 242 g/mol. The number of rotatable bonds is 5. The van der Waals surface area contributed by atoms with Crippen LogP contribution in [0.5, 0.6) is 0 Å². The van der Waals surface area contributed by atoms with Crippen molar-refractivity contribution in [2.45, 2.75) is 27.3 Å². The van der Waals surface area contributed by atoms with E-state index in [2.05, 4.69) is 5.16 Å². The molecule has 0 aliphatic heterocycles. The lowest BCUT2D eigenvalue weighted by Crippen LogP contribution is -2.33. The number of oxime groups is 1. The highest BCUT2D eigenvalue weighted by Crippen LogP contribution is 2.10. The molecule has 0 spiro atoms. The summed E-state index contributed by atoms with van der Waals surface area (Å²) in [6.07, 6.45) is 0. The molecule has 1 aromatic rings. The number of hydrogen-bond donors (Lipinski definition) is 2. The van der Waals surface area contributed by atoms with E-state index >= 15 is 0 Å². The number of nitrogens with zero attached hydrogens (tertiary/aromatic N) is 2. The van der Waals surface area contributed by atoms with Gasteiger partial charge in [-0.05, 0) is 12.5 Å². The average Bonchev–Trinajstić information content (AvgIpc) is 2.43. The molecule has 0 heterocycles. The molecule has 0 saturated carbocycles. The minimum atomic E-state index is -0.00334. The number of carbonyl (C=O) groups excluding carboxylic acids is 1. The van der Waals surface area contributed by atoms with Crippen LogP contribution in [0.4, 0.5) is 0 Å². The Kier molecular flexibility index (Phi) is 5.36. The van der Waals surface area contributed by atoms with Crippen LogP contribution in [0.15, 0.2) is 29.4 Å². The van der Waals surface area contributed by atoms with Crippen molar-refractivity contribution in [1.82, 2.24) is 4.90 Å². The maximum Gasteiger partial charge on any atom is 0.225 e. The standard InChI is InChI=1S/C14H21N3O2/c1-4-17(14(18)10(2)3)9-11-5-7-12(8-6-11)13(15)16-19/h5-8,10,19H,4,9H2,1-3H3,(H2,15,16). The number of benzene rings is 1. The quantitative estimate of drug-likeness (QED) is 0.368. The molecule has 3 N–H and O–H groups in total. The Morgan fingerprint density at radius 1 is 1.37 bits per heavy atom. The zero-order valence-corrected chi connectivity index (χ0v) is 11.6. The van der Waals surface area contributed by atoms with Crippen LogP contribution in [0.1, 0.15) is 31.9 Å². The maximum absolute atomic E-state index is 12.0. The van der Waals surface area contributed by atoms with E-state index in [0.29, 0.717) is 18.7 Å². The van der Waals surface area contributed by atoms with Gasteiger partial charge in [0.1, 0.15) is 0 Å². The van der Waals surface area contributed by atoms with Crippen LogP contribution in [0.2, 0.25) is 0 Å². The zero-order chi connectivity index (χ0) is 14.4. The van der Waals surface area contributed by atoms with Gasteiger partial charge in [-0.2, -0.15) is 0 Å². The van der Waals surface area contributed by atoms with E-state index in [0.717, 1.165) is 5.56 Å². The van der Waals surface area contributed by atoms with Crippen LogP contribution in [-0.2, 0) is 11.3 Å². The first-order chi connectivity index (χ1) is 8.99. The van der Waals surface area contributed by atoms with Crippen molar-refractivity contribution in [3.63, 3.8) is 0 Å². The Balaban J connectivity index is 2.79. The molecule has 19 heavy (non-hydrogen) atoms. The molecule has 0 aliphatic rings. The Labute approximate surface area is 113 Å². The number of amides is 1. The molecular formula is C14H21N3O2. The van der Waals surface area contributed by atoms with Gasteiger partial charge in [0.05, 0.1) is 0 Å². The van der Waals surface area contributed by atoms with Crippen molar-refractivity contribution >= 4 is 11.7 Å². The lowest BCUT2D eigenvalue weighted by Gasteiger charge is -2.23. The molecule has 0 atom stereocenters. The van der Waals surface area contributed by atoms with Crippen molar-refractivity contribution in [3.8, 4) is 0 Å². The van der Waals surface area contributed by atoms with E-state index in [4.69, 9.17) is 10.9 Å². The third kappa shape index (κ3) is 3.98. The summed E-state index contributed by atoms with van der Waals surface area (Å²) in [5.74, 6) is 0.219. The third-order valence-electron chi connectivity index (χ3n) is 2.92. The van der Waals surface area contributed by atoms with Gasteiger partial charge in [0.2, 0.25) is 5.91 Å². The van der Waals surface area contributed by atoms with Crippen molar-refractivity contribution in [2.75, 3.05) is 6.54 Å². The van der Waals surface area contributed by atoms with Gasteiger partial charge < -0.3 is 15.8 Å². The molecule has 104 valence electrons. The van der Waals surface area contributed by atoms with E-state index in [9.17, 15) is 4.79 Å². The van der Waals surface area contributed by atoms with Gasteiger partial charge in [-0.15, -0.1) is 0 Å². The topological polar surface area (TPSA) is 78.9 Å². The Morgan fingerprint density at radius 3 is 2.37 bits per heavy atom. The molecule has 5 heteroatoms. The molecule has 0 aromatic heterocycles. The first kappa shape index (κ1) is 15.0. The highest BCUT2D eigenvalue weighted by atomic mass is 16.4. The fourth-order valence-corrected chi connectivity index (χ4v) is 1.77. The fourth-order valence-electron chi connectivity index (χ4n) is 1.77. The van der Waals surface area contributed by atoms with E-state index in [1.165, 1.54) is 0 Å². The van der Waals surface area contributed by atoms with Crippen molar-refractivity contribution in [2.24, 2.45) is 16.8 Å². The first-order valence-corrected chi connectivity index (χ1v) is 6.35. The maximum atomic E-state index is 12.0. The van der Waals surface area contributed by atoms with E-state index in [-0.39, 0.29) is 17.7 Å². The van der Waals surface area contributed by atoms with Crippen LogP contribution in [0, 0.1) is 5.92 Å². The van der Waals surface area contributed by atoms with Crippen LogP contribution < -0.4 is 5.73 Å². The van der Waals surface area contributed by atoms with Gasteiger partial charge in [-0.3, -0.25) is 4.79 Å². The second-order valence-electron chi connectivity index (χ2n) is 4.69. The Morgan fingerprint density at radius 2 is 1.95 bits per heavy atom. The monoisotopic (exact) mass is 263 g/mol. The van der Waals surface area contributed by atoms with Gasteiger partial charge >= 0.3 is 0 Å². The van der Waals surface area contributed by atoms with E-state index in [1.807, 2.05) is 37.8 Å². The molecule has 1 amide bonds. The summed E-state index contributed by atoms with van der Waals surface area (Å²) in [5.41, 5.74) is 7.17. The summed E-state index contributed by atoms with van der Waals surface area (Å²) in [6, 6.07) is 7.31. The van der Waals surface area contributed by atoms with E-state index in [1.54, 1.807) is 12.1 Å². The molecule has 0 saturated heterocycles. The molecule has 0 unspecified atom stereocenters. The number of hydrogen-bond acceptors (Lipinski definition) is 3. The highest BCUT2D eigenvalue weighted by molar-refractivity contribution is 5.96. The normalized spacial score (nSPS) is 11.7. The zero-order valence-electron chi connectivity index (χ0n) is 11.6. The molecule has 0 bridgehead atoms. The van der Waals surface area contributed by atoms with Crippen LogP contribution >= 0.6 is 0 Å². The SMILES string of the molecule is CCN(Cc1ccc(/C(N)=N/O)cc1)C(=O)C(C)C. The smallest absolute Gasteiger partial charge is 0.225 e. The average molecular weight is 263 g/mol. The summed E-state index contributed by atoms with van der Waals surface area (Å²) >= 11 is 0. The predicted octanol–water partition coefficient (Wildman–Crippen LogP) is 1.79. The summed E-state index contributed by atoms with van der Waals surface area (Å²) in [6.45, 7) is 7.01. The summed E-state index contributed by atoms with van der Waals surface area (Å²) < 4.78 is 0. The summed E-state index contributed by atoms with van der Waals surface area (Å²) in [4.78, 5) is 13.8. The second kappa shape index (κ2) is 6.78. The molecule has 5 nitrogen and oxygen atoms in total. The van der Waals surface area contributed by atoms with Crippen molar-refractivity contribution in [1.29, 1.82) is 0 Å².